The Kier molecular flexibility index (Phi) is 5.41. The third-order valence-corrected chi connectivity index (χ3v) is 4.10. The number of hydrogen-bond donors (Lipinski definition) is 4. The van der Waals surface area contributed by atoms with Crippen LogP contribution in [-0.2, 0) is 10.0 Å². The molecule has 0 bridgehead atoms. The molecule has 2 rings (SSSR count). The monoisotopic (exact) mass is 372 g/mol. The highest BCUT2D eigenvalue weighted by molar-refractivity contribution is 7.89. The van der Waals surface area contributed by atoms with E-state index >= 15 is 0 Å². The van der Waals surface area contributed by atoms with Gasteiger partial charge in [-0.15, -0.1) is 10.2 Å². The first-order valence-electron chi connectivity index (χ1n) is 7.07. The molecule has 0 radical (unpaired) electrons. The van der Waals surface area contributed by atoms with E-state index in [0.717, 1.165) is 0 Å². The van der Waals surface area contributed by atoms with Crippen LogP contribution in [0.25, 0.3) is 0 Å². The molecule has 2 aromatic carbocycles. The molecule has 26 heavy (non-hydrogen) atoms. The minimum absolute atomic E-state index is 0.0548. The smallest absolute Gasteiger partial charge is 0.238 e. The van der Waals surface area contributed by atoms with Crippen LogP contribution in [0.15, 0.2) is 63.6 Å². The molecule has 8 N–H and O–H groups in total. The quantitative estimate of drug-likeness (QED) is 0.325. The molecule has 2 aromatic rings. The van der Waals surface area contributed by atoms with Gasteiger partial charge in [0.2, 0.25) is 21.9 Å². The third-order valence-electron chi connectivity index (χ3n) is 3.18. The van der Waals surface area contributed by atoms with Crippen molar-refractivity contribution in [2.45, 2.75) is 4.90 Å². The van der Waals surface area contributed by atoms with Crippen LogP contribution in [0.1, 0.15) is 5.56 Å². The van der Waals surface area contributed by atoms with Crippen LogP contribution in [0.3, 0.4) is 0 Å². The van der Waals surface area contributed by atoms with Gasteiger partial charge in [-0.25, -0.2) is 13.6 Å². The topological polar surface area (TPSA) is 190 Å². The van der Waals surface area contributed by atoms with Crippen LogP contribution in [-0.4, -0.2) is 20.3 Å². The molecule has 10 nitrogen and oxygen atoms in total. The van der Waals surface area contributed by atoms with E-state index < -0.39 is 10.0 Å². The zero-order valence-electron chi connectivity index (χ0n) is 13.4. The Bertz CT molecular complexity index is 985. The van der Waals surface area contributed by atoms with Crippen molar-refractivity contribution in [3.8, 4) is 6.07 Å². The second-order valence-electron chi connectivity index (χ2n) is 5.02. The summed E-state index contributed by atoms with van der Waals surface area (Å²) >= 11 is 0. The molecule has 0 amide bonds. The summed E-state index contributed by atoms with van der Waals surface area (Å²) in [7, 11) is -3.83. The molecule has 0 spiro atoms. The fraction of sp³-hybridized carbons (Fsp3) is 0. The van der Waals surface area contributed by atoms with Crippen LogP contribution in [0.2, 0.25) is 0 Å². The summed E-state index contributed by atoms with van der Waals surface area (Å²) in [5.41, 5.74) is 18.0. The summed E-state index contributed by atoms with van der Waals surface area (Å²) in [6.07, 6.45) is 0. The number of nitrogens with two attached hydrogens (primary N) is 4. The van der Waals surface area contributed by atoms with Crippen LogP contribution < -0.4 is 27.2 Å². The van der Waals surface area contributed by atoms with Gasteiger partial charge in [0.1, 0.15) is 0 Å². The SMILES string of the molecule is N#Cc1ccc(N(C(N)=NN=C(N)N)c2ccc(S(N)(=O)=O)cc2)cc1. The van der Waals surface area contributed by atoms with Crippen molar-refractivity contribution < 1.29 is 8.42 Å². The highest BCUT2D eigenvalue weighted by Crippen LogP contribution is 2.26. The standard InChI is InChI=1S/C15H16N8O2S/c16-9-10-1-3-11(4-2-10)23(15(19)22-21-14(17)18)12-5-7-13(8-6-12)26(20,24)25/h1-8H,(H2,19,22)(H4,17,18,21)(H2,20,24,25). The molecule has 134 valence electrons. The van der Waals surface area contributed by atoms with E-state index in [1.54, 1.807) is 24.3 Å². The minimum Gasteiger partial charge on any atom is -0.369 e. The van der Waals surface area contributed by atoms with Gasteiger partial charge in [-0.2, -0.15) is 5.26 Å². The van der Waals surface area contributed by atoms with Gasteiger partial charge >= 0.3 is 0 Å². The van der Waals surface area contributed by atoms with Gasteiger partial charge in [0.05, 0.1) is 16.5 Å². The number of primary sulfonamides is 1. The predicted molar refractivity (Wildman–Crippen MR) is 98.5 cm³/mol. The maximum atomic E-state index is 11.4. The van der Waals surface area contributed by atoms with Crippen molar-refractivity contribution in [2.75, 3.05) is 4.90 Å². The molecular weight excluding hydrogens is 356 g/mol. The number of guanidine groups is 2. The number of hydrogen-bond acceptors (Lipinski definition) is 5. The van der Waals surface area contributed by atoms with Gasteiger partial charge in [-0.05, 0) is 48.5 Å². The van der Waals surface area contributed by atoms with E-state index in [0.29, 0.717) is 16.9 Å². The van der Waals surface area contributed by atoms with Crippen molar-refractivity contribution in [1.82, 2.24) is 0 Å². The fourth-order valence-electron chi connectivity index (χ4n) is 2.04. The molecule has 0 heterocycles. The van der Waals surface area contributed by atoms with Crippen molar-refractivity contribution >= 4 is 33.3 Å². The fourth-order valence-corrected chi connectivity index (χ4v) is 2.55. The maximum absolute atomic E-state index is 11.4. The average molecular weight is 372 g/mol. The van der Waals surface area contributed by atoms with E-state index in [9.17, 15) is 8.42 Å². The molecule has 0 unspecified atom stereocenters. The summed E-state index contributed by atoms with van der Waals surface area (Å²) in [5, 5.41) is 21.3. The molecule has 0 saturated carbocycles. The first-order chi connectivity index (χ1) is 12.2. The molecule has 0 atom stereocenters. The Balaban J connectivity index is 2.54. The lowest BCUT2D eigenvalue weighted by Gasteiger charge is -2.23. The molecule has 0 aromatic heterocycles. The first-order valence-corrected chi connectivity index (χ1v) is 8.62. The summed E-state index contributed by atoms with van der Waals surface area (Å²) in [5.74, 6) is -0.358. The van der Waals surface area contributed by atoms with E-state index in [-0.39, 0.29) is 16.8 Å². The molecule has 11 heteroatoms. The van der Waals surface area contributed by atoms with Crippen molar-refractivity contribution in [2.24, 2.45) is 32.5 Å². The van der Waals surface area contributed by atoms with Gasteiger partial charge in [0.15, 0.2) is 0 Å². The lowest BCUT2D eigenvalue weighted by molar-refractivity contribution is 0.598. The highest BCUT2D eigenvalue weighted by atomic mass is 32.2. The van der Waals surface area contributed by atoms with Crippen LogP contribution in [0, 0.1) is 11.3 Å². The summed E-state index contributed by atoms with van der Waals surface area (Å²) in [6.45, 7) is 0. The zero-order chi connectivity index (χ0) is 19.3. The Labute approximate surface area is 150 Å². The molecule has 0 aliphatic heterocycles. The zero-order valence-corrected chi connectivity index (χ0v) is 14.3. The minimum atomic E-state index is -3.83. The van der Waals surface area contributed by atoms with Gasteiger partial charge in [0.25, 0.3) is 0 Å². The van der Waals surface area contributed by atoms with Crippen molar-refractivity contribution in [3.63, 3.8) is 0 Å². The highest BCUT2D eigenvalue weighted by Gasteiger charge is 2.16. The predicted octanol–water partition coefficient (Wildman–Crippen LogP) is -0.153. The molecule has 0 fully saturated rings. The summed E-state index contributed by atoms with van der Waals surface area (Å²) in [4.78, 5) is 1.42. The normalized spacial score (nSPS) is 11.5. The van der Waals surface area contributed by atoms with E-state index in [1.165, 1.54) is 29.2 Å². The Morgan fingerprint density at radius 2 is 1.42 bits per heavy atom. The van der Waals surface area contributed by atoms with Crippen LogP contribution >= 0.6 is 0 Å². The lowest BCUT2D eigenvalue weighted by Crippen LogP contribution is -2.33. The Hall–Kier alpha value is -3.62. The summed E-state index contributed by atoms with van der Waals surface area (Å²) < 4.78 is 22.8. The first kappa shape index (κ1) is 18.7. The molecule has 0 aliphatic rings. The number of rotatable bonds is 4. The third kappa shape index (κ3) is 4.47. The molecule has 0 saturated heterocycles. The largest absolute Gasteiger partial charge is 0.369 e. The van der Waals surface area contributed by atoms with Crippen LogP contribution in [0.4, 0.5) is 11.4 Å². The number of sulfonamides is 1. The Morgan fingerprint density at radius 3 is 1.85 bits per heavy atom. The molecule has 0 aliphatic carbocycles. The van der Waals surface area contributed by atoms with Gasteiger partial charge in [0, 0.05) is 11.4 Å². The second-order valence-corrected chi connectivity index (χ2v) is 6.58. The Morgan fingerprint density at radius 1 is 0.923 bits per heavy atom. The van der Waals surface area contributed by atoms with E-state index in [4.69, 9.17) is 27.6 Å². The van der Waals surface area contributed by atoms with Crippen molar-refractivity contribution in [3.05, 3.63) is 54.1 Å². The number of anilines is 2. The van der Waals surface area contributed by atoms with Gasteiger partial charge < -0.3 is 17.2 Å². The van der Waals surface area contributed by atoms with E-state index in [1.807, 2.05) is 6.07 Å². The molecular formula is C15H16N8O2S. The van der Waals surface area contributed by atoms with E-state index in [2.05, 4.69) is 10.2 Å². The van der Waals surface area contributed by atoms with Gasteiger partial charge in [-0.3, -0.25) is 4.90 Å². The number of benzene rings is 2. The number of nitrogens with zero attached hydrogens (tertiary/aromatic N) is 4. The van der Waals surface area contributed by atoms with Gasteiger partial charge in [-0.1, -0.05) is 0 Å². The second kappa shape index (κ2) is 7.51. The summed E-state index contributed by atoms with van der Waals surface area (Å²) in [6, 6.07) is 14.1. The average Bonchev–Trinajstić information content (AvgIpc) is 2.60. The lowest BCUT2D eigenvalue weighted by atomic mass is 10.2. The maximum Gasteiger partial charge on any atom is 0.238 e. The van der Waals surface area contributed by atoms with Crippen LogP contribution in [0.5, 0.6) is 0 Å². The van der Waals surface area contributed by atoms with Crippen molar-refractivity contribution in [1.29, 1.82) is 5.26 Å². The number of nitriles is 1.